The average Bonchev–Trinajstić information content (AvgIpc) is 3.33. The summed E-state index contributed by atoms with van der Waals surface area (Å²) in [5, 5.41) is 5.08. The Morgan fingerprint density at radius 1 is 0.610 bits per heavy atom. The van der Waals surface area contributed by atoms with Crippen LogP contribution in [0.5, 0.6) is 0 Å². The van der Waals surface area contributed by atoms with Gasteiger partial charge in [0, 0.05) is 0 Å². The highest BCUT2D eigenvalue weighted by Gasteiger charge is 2.63. The van der Waals surface area contributed by atoms with Crippen LogP contribution >= 0.6 is 0 Å². The monoisotopic (exact) mass is 558 g/mol. The Bertz CT molecular complexity index is 1710. The fourth-order valence-electron chi connectivity index (χ4n) is 5.57. The molecule has 1 aliphatic heterocycles. The first-order chi connectivity index (χ1) is 20.0. The zero-order chi connectivity index (χ0) is 28.3. The van der Waals surface area contributed by atoms with Crippen molar-refractivity contribution in [3.8, 4) is 0 Å². The molecule has 7 heteroatoms. The predicted octanol–water partition coefficient (Wildman–Crippen LogP) is 6.52. The molecule has 0 spiro atoms. The van der Waals surface area contributed by atoms with Crippen LogP contribution in [0.4, 0.5) is 5.69 Å². The zero-order valence-corrected chi connectivity index (χ0v) is 23.4. The third kappa shape index (κ3) is 4.54. The van der Waals surface area contributed by atoms with E-state index >= 15 is 0 Å². The summed E-state index contributed by atoms with van der Waals surface area (Å²) in [6.45, 7) is 1.98. The van der Waals surface area contributed by atoms with Gasteiger partial charge in [-0.2, -0.15) is 5.10 Å². The van der Waals surface area contributed by atoms with Crippen molar-refractivity contribution in [3.63, 3.8) is 0 Å². The number of hydrazine groups is 1. The SMILES string of the molecule is CC1(c2ccccc2)NN(S(=O)(=O)c2ccccc2)C(c2ccccc2)(c2ccccc2)C1=NNc1ccccc1. The summed E-state index contributed by atoms with van der Waals surface area (Å²) in [6.07, 6.45) is 0. The molecule has 1 heterocycles. The van der Waals surface area contributed by atoms with Gasteiger partial charge in [-0.1, -0.05) is 127 Å². The standard InChI is InChI=1S/C34H30N4O2S/c1-33(27-17-7-2-8-18-27)32(36-35-30-23-13-5-14-24-30)34(28-19-9-3-10-20-28,29-21-11-4-12-22-29)38(37-33)41(39,40)31-25-15-6-16-26-31/h2-26,35,37H,1H3. The highest BCUT2D eigenvalue weighted by molar-refractivity contribution is 7.89. The van der Waals surface area contributed by atoms with Crippen molar-refractivity contribution >= 4 is 21.4 Å². The predicted molar refractivity (Wildman–Crippen MR) is 164 cm³/mol. The Hall–Kier alpha value is -4.56. The number of rotatable bonds is 7. The van der Waals surface area contributed by atoms with Crippen LogP contribution in [-0.4, -0.2) is 18.5 Å². The second-order valence-electron chi connectivity index (χ2n) is 10.1. The molecule has 1 fully saturated rings. The lowest BCUT2D eigenvalue weighted by molar-refractivity contribution is 0.237. The molecule has 6 nitrogen and oxygen atoms in total. The summed E-state index contributed by atoms with van der Waals surface area (Å²) in [5.74, 6) is 0. The molecule has 1 atom stereocenters. The van der Waals surface area contributed by atoms with E-state index in [2.05, 4.69) is 10.9 Å². The number of hydrogen-bond acceptors (Lipinski definition) is 5. The molecule has 1 saturated heterocycles. The molecule has 6 rings (SSSR count). The second kappa shape index (κ2) is 10.8. The Labute approximate surface area is 241 Å². The van der Waals surface area contributed by atoms with Crippen molar-refractivity contribution in [2.24, 2.45) is 5.10 Å². The van der Waals surface area contributed by atoms with Crippen LogP contribution in [0.25, 0.3) is 0 Å². The third-order valence-corrected chi connectivity index (χ3v) is 9.25. The van der Waals surface area contributed by atoms with E-state index in [1.54, 1.807) is 24.3 Å². The number of sulfonamides is 1. The van der Waals surface area contributed by atoms with Crippen molar-refractivity contribution in [1.82, 2.24) is 9.84 Å². The maximum atomic E-state index is 14.7. The Morgan fingerprint density at radius 3 is 1.51 bits per heavy atom. The number of hydrogen-bond donors (Lipinski definition) is 2. The van der Waals surface area contributed by atoms with Crippen molar-refractivity contribution < 1.29 is 8.42 Å². The van der Waals surface area contributed by atoms with Crippen LogP contribution in [0.1, 0.15) is 23.6 Å². The lowest BCUT2D eigenvalue weighted by Gasteiger charge is -2.38. The second-order valence-corrected chi connectivity index (χ2v) is 11.9. The average molecular weight is 559 g/mol. The molecule has 41 heavy (non-hydrogen) atoms. The van der Waals surface area contributed by atoms with Crippen molar-refractivity contribution in [3.05, 3.63) is 168 Å². The van der Waals surface area contributed by atoms with Gasteiger partial charge in [-0.15, -0.1) is 4.41 Å². The van der Waals surface area contributed by atoms with E-state index in [-0.39, 0.29) is 4.90 Å². The number of anilines is 1. The van der Waals surface area contributed by atoms with Crippen molar-refractivity contribution in [2.45, 2.75) is 22.9 Å². The van der Waals surface area contributed by atoms with Gasteiger partial charge < -0.3 is 0 Å². The molecule has 5 aromatic carbocycles. The molecule has 0 radical (unpaired) electrons. The Kier molecular flexibility index (Phi) is 7.01. The summed E-state index contributed by atoms with van der Waals surface area (Å²) >= 11 is 0. The van der Waals surface area contributed by atoms with Gasteiger partial charge in [0.05, 0.1) is 21.8 Å². The number of nitrogens with zero attached hydrogens (tertiary/aromatic N) is 2. The third-order valence-electron chi connectivity index (χ3n) is 7.53. The molecule has 204 valence electrons. The topological polar surface area (TPSA) is 73.8 Å². The van der Waals surface area contributed by atoms with Gasteiger partial charge in [0.1, 0.15) is 5.54 Å². The van der Waals surface area contributed by atoms with Gasteiger partial charge in [-0.3, -0.25) is 5.43 Å². The first kappa shape index (κ1) is 26.7. The van der Waals surface area contributed by atoms with Crippen LogP contribution < -0.4 is 10.9 Å². The van der Waals surface area contributed by atoms with E-state index in [1.165, 1.54) is 4.41 Å². The van der Waals surface area contributed by atoms with Crippen LogP contribution in [0.15, 0.2) is 162 Å². The molecule has 1 aliphatic rings. The molecule has 0 amide bonds. The molecule has 0 bridgehead atoms. The lowest BCUT2D eigenvalue weighted by Crippen LogP contribution is -2.52. The van der Waals surface area contributed by atoms with E-state index in [0.29, 0.717) is 5.71 Å². The Balaban J connectivity index is 1.72. The van der Waals surface area contributed by atoms with Gasteiger partial charge in [-0.05, 0) is 47.9 Å². The minimum Gasteiger partial charge on any atom is -0.278 e. The van der Waals surface area contributed by atoms with Crippen molar-refractivity contribution in [2.75, 3.05) is 5.43 Å². The molecule has 0 aromatic heterocycles. The first-order valence-corrected chi connectivity index (χ1v) is 14.9. The molecular weight excluding hydrogens is 528 g/mol. The van der Waals surface area contributed by atoms with Gasteiger partial charge in [0.25, 0.3) is 10.0 Å². The highest BCUT2D eigenvalue weighted by atomic mass is 32.2. The lowest BCUT2D eigenvalue weighted by atomic mass is 9.72. The maximum Gasteiger partial charge on any atom is 0.257 e. The Morgan fingerprint density at radius 2 is 1.02 bits per heavy atom. The molecule has 0 aliphatic carbocycles. The largest absolute Gasteiger partial charge is 0.278 e. The van der Waals surface area contributed by atoms with Gasteiger partial charge in [0.2, 0.25) is 0 Å². The normalized spacial score (nSPS) is 19.7. The number of benzene rings is 5. The smallest absolute Gasteiger partial charge is 0.257 e. The molecule has 5 aromatic rings. The maximum absolute atomic E-state index is 14.7. The first-order valence-electron chi connectivity index (χ1n) is 13.4. The van der Waals surface area contributed by atoms with Crippen LogP contribution in [0.2, 0.25) is 0 Å². The van der Waals surface area contributed by atoms with E-state index < -0.39 is 21.1 Å². The molecule has 2 N–H and O–H groups in total. The summed E-state index contributed by atoms with van der Waals surface area (Å²) < 4.78 is 30.8. The number of nitrogens with one attached hydrogen (secondary N) is 2. The summed E-state index contributed by atoms with van der Waals surface area (Å²) in [5.41, 5.74) is 8.08. The van der Waals surface area contributed by atoms with E-state index in [0.717, 1.165) is 22.4 Å². The van der Waals surface area contributed by atoms with Crippen molar-refractivity contribution in [1.29, 1.82) is 0 Å². The summed E-state index contributed by atoms with van der Waals surface area (Å²) in [6, 6.07) is 47.4. The molecule has 0 saturated carbocycles. The fourth-order valence-corrected chi connectivity index (χ4v) is 7.24. The quantitative estimate of drug-likeness (QED) is 0.223. The molecular formula is C34H30N4O2S. The fraction of sp³-hybridized carbons (Fsp3) is 0.0882. The zero-order valence-electron chi connectivity index (χ0n) is 22.6. The van der Waals surface area contributed by atoms with Gasteiger partial charge in [-0.25, -0.2) is 13.8 Å². The summed E-state index contributed by atoms with van der Waals surface area (Å²) in [4.78, 5) is 0.177. The number of para-hydroxylation sites is 1. The van der Waals surface area contributed by atoms with Gasteiger partial charge >= 0.3 is 0 Å². The van der Waals surface area contributed by atoms with Gasteiger partial charge in [0.15, 0.2) is 0 Å². The van der Waals surface area contributed by atoms with E-state index in [1.807, 2.05) is 134 Å². The minimum absolute atomic E-state index is 0.177. The van der Waals surface area contributed by atoms with Crippen LogP contribution in [-0.2, 0) is 21.1 Å². The van der Waals surface area contributed by atoms with Crippen LogP contribution in [0.3, 0.4) is 0 Å². The number of hydrazone groups is 1. The summed E-state index contributed by atoms with van der Waals surface area (Å²) in [7, 11) is -4.12. The minimum atomic E-state index is -4.12. The molecule has 1 unspecified atom stereocenters. The van der Waals surface area contributed by atoms with Crippen LogP contribution in [0, 0.1) is 0 Å². The highest BCUT2D eigenvalue weighted by Crippen LogP contribution is 2.50. The van der Waals surface area contributed by atoms with E-state index in [4.69, 9.17) is 5.10 Å². The van der Waals surface area contributed by atoms with E-state index in [9.17, 15) is 8.42 Å².